The minimum Gasteiger partial charge on any atom is -0.294 e. The van der Waals surface area contributed by atoms with Gasteiger partial charge >= 0.3 is 0 Å². The van der Waals surface area contributed by atoms with Crippen LogP contribution in [0.1, 0.15) is 60.2 Å². The maximum absolute atomic E-state index is 11.6. The molecule has 86 valence electrons. The summed E-state index contributed by atoms with van der Waals surface area (Å²) in [5.41, 5.74) is 1.41. The van der Waals surface area contributed by atoms with Gasteiger partial charge in [0.15, 0.2) is 11.6 Å². The van der Waals surface area contributed by atoms with E-state index in [9.17, 15) is 9.59 Å². The van der Waals surface area contributed by atoms with E-state index in [0.717, 1.165) is 12.8 Å². The predicted octanol–water partition coefficient (Wildman–Crippen LogP) is 3.65. The average molecular weight is 218 g/mol. The van der Waals surface area contributed by atoms with E-state index in [-0.39, 0.29) is 11.6 Å². The quantitative estimate of drug-likeness (QED) is 0.683. The molecular weight excluding hydrogens is 200 g/mol. The fourth-order valence-corrected chi connectivity index (χ4v) is 1.58. The van der Waals surface area contributed by atoms with Gasteiger partial charge < -0.3 is 0 Å². The van der Waals surface area contributed by atoms with Crippen molar-refractivity contribution in [3.05, 3.63) is 35.4 Å². The SMILES string of the molecule is CCCC(=O)c1ccc(C(=O)CCC)cc1. The van der Waals surface area contributed by atoms with Crippen LogP contribution in [0.4, 0.5) is 0 Å². The molecule has 0 fully saturated rings. The average Bonchev–Trinajstić information content (AvgIpc) is 2.30. The van der Waals surface area contributed by atoms with Crippen molar-refractivity contribution in [1.82, 2.24) is 0 Å². The second kappa shape index (κ2) is 6.21. The van der Waals surface area contributed by atoms with E-state index in [4.69, 9.17) is 0 Å². The Hall–Kier alpha value is -1.44. The van der Waals surface area contributed by atoms with Crippen LogP contribution in [0.5, 0.6) is 0 Å². The van der Waals surface area contributed by atoms with Gasteiger partial charge in [0.2, 0.25) is 0 Å². The highest BCUT2D eigenvalue weighted by Crippen LogP contribution is 2.10. The lowest BCUT2D eigenvalue weighted by atomic mass is 10.0. The van der Waals surface area contributed by atoms with Crippen molar-refractivity contribution < 1.29 is 9.59 Å². The monoisotopic (exact) mass is 218 g/mol. The van der Waals surface area contributed by atoms with Gasteiger partial charge in [-0.1, -0.05) is 38.1 Å². The molecule has 2 nitrogen and oxygen atoms in total. The molecule has 0 amide bonds. The van der Waals surface area contributed by atoms with Gasteiger partial charge in [0, 0.05) is 24.0 Å². The summed E-state index contributed by atoms with van der Waals surface area (Å²) in [6, 6.07) is 7.00. The molecule has 0 spiro atoms. The maximum Gasteiger partial charge on any atom is 0.162 e. The Bertz CT molecular complexity index is 326. The van der Waals surface area contributed by atoms with Crippen LogP contribution >= 0.6 is 0 Å². The molecule has 0 heterocycles. The third-order valence-corrected chi connectivity index (χ3v) is 2.48. The molecule has 0 saturated heterocycles. The van der Waals surface area contributed by atoms with Crippen molar-refractivity contribution in [3.63, 3.8) is 0 Å². The number of hydrogen-bond donors (Lipinski definition) is 0. The number of Topliss-reactive ketones (excluding diaryl/α,β-unsaturated/α-hetero) is 2. The first-order valence-electron chi connectivity index (χ1n) is 5.85. The van der Waals surface area contributed by atoms with Gasteiger partial charge in [0.1, 0.15) is 0 Å². The highest BCUT2D eigenvalue weighted by Gasteiger charge is 2.07. The minimum absolute atomic E-state index is 0.150. The highest BCUT2D eigenvalue weighted by atomic mass is 16.1. The topological polar surface area (TPSA) is 34.1 Å². The summed E-state index contributed by atoms with van der Waals surface area (Å²) in [7, 11) is 0. The molecular formula is C14H18O2. The molecule has 0 aliphatic rings. The van der Waals surface area contributed by atoms with E-state index < -0.39 is 0 Å². The van der Waals surface area contributed by atoms with E-state index in [1.165, 1.54) is 0 Å². The number of carbonyl (C=O) groups excluding carboxylic acids is 2. The van der Waals surface area contributed by atoms with Crippen LogP contribution in [-0.2, 0) is 0 Å². The predicted molar refractivity (Wildman–Crippen MR) is 64.9 cm³/mol. The zero-order chi connectivity index (χ0) is 12.0. The van der Waals surface area contributed by atoms with Gasteiger partial charge in [0.25, 0.3) is 0 Å². The van der Waals surface area contributed by atoms with Gasteiger partial charge in [-0.3, -0.25) is 9.59 Å². The summed E-state index contributed by atoms with van der Waals surface area (Å²) >= 11 is 0. The van der Waals surface area contributed by atoms with Crippen molar-refractivity contribution in [2.45, 2.75) is 39.5 Å². The Kier molecular flexibility index (Phi) is 4.90. The molecule has 0 saturated carbocycles. The summed E-state index contributed by atoms with van der Waals surface area (Å²) in [4.78, 5) is 23.1. The zero-order valence-corrected chi connectivity index (χ0v) is 9.95. The molecule has 0 N–H and O–H groups in total. The standard InChI is InChI=1S/C14H18O2/c1-3-5-13(15)11-7-9-12(10-8-11)14(16)6-4-2/h7-10H,3-6H2,1-2H3. The number of benzene rings is 1. The first-order chi connectivity index (χ1) is 7.69. The lowest BCUT2D eigenvalue weighted by molar-refractivity contribution is 0.0970. The molecule has 0 aliphatic carbocycles. The third-order valence-electron chi connectivity index (χ3n) is 2.48. The van der Waals surface area contributed by atoms with Crippen LogP contribution in [0, 0.1) is 0 Å². The Morgan fingerprint density at radius 2 is 1.12 bits per heavy atom. The fraction of sp³-hybridized carbons (Fsp3) is 0.429. The number of rotatable bonds is 6. The Morgan fingerprint density at radius 3 is 1.38 bits per heavy atom. The normalized spacial score (nSPS) is 10.1. The van der Waals surface area contributed by atoms with E-state index in [1.54, 1.807) is 24.3 Å². The van der Waals surface area contributed by atoms with Crippen molar-refractivity contribution in [2.75, 3.05) is 0 Å². The molecule has 2 heteroatoms. The van der Waals surface area contributed by atoms with Crippen molar-refractivity contribution >= 4 is 11.6 Å². The second-order valence-corrected chi connectivity index (χ2v) is 3.92. The smallest absolute Gasteiger partial charge is 0.162 e. The lowest BCUT2D eigenvalue weighted by Crippen LogP contribution is -2.01. The molecule has 0 radical (unpaired) electrons. The molecule has 0 unspecified atom stereocenters. The van der Waals surface area contributed by atoms with Crippen LogP contribution in [0.3, 0.4) is 0 Å². The van der Waals surface area contributed by atoms with Crippen LogP contribution in [-0.4, -0.2) is 11.6 Å². The number of carbonyl (C=O) groups is 2. The molecule has 16 heavy (non-hydrogen) atoms. The lowest BCUT2D eigenvalue weighted by Gasteiger charge is -2.02. The van der Waals surface area contributed by atoms with E-state index in [2.05, 4.69) is 0 Å². The summed E-state index contributed by atoms with van der Waals surface area (Å²) in [6.07, 6.45) is 2.86. The van der Waals surface area contributed by atoms with E-state index in [0.29, 0.717) is 24.0 Å². The van der Waals surface area contributed by atoms with Crippen LogP contribution < -0.4 is 0 Å². The zero-order valence-electron chi connectivity index (χ0n) is 9.95. The van der Waals surface area contributed by atoms with Gasteiger partial charge in [-0.05, 0) is 12.8 Å². The molecule has 0 bridgehead atoms. The first kappa shape index (κ1) is 12.6. The van der Waals surface area contributed by atoms with Crippen LogP contribution in [0.25, 0.3) is 0 Å². The van der Waals surface area contributed by atoms with Gasteiger partial charge in [0.05, 0.1) is 0 Å². The van der Waals surface area contributed by atoms with Crippen LogP contribution in [0.2, 0.25) is 0 Å². The molecule has 1 rings (SSSR count). The minimum atomic E-state index is 0.150. The highest BCUT2D eigenvalue weighted by molar-refractivity contribution is 5.99. The first-order valence-corrected chi connectivity index (χ1v) is 5.85. The van der Waals surface area contributed by atoms with Gasteiger partial charge in [-0.15, -0.1) is 0 Å². The fourth-order valence-electron chi connectivity index (χ4n) is 1.58. The molecule has 0 atom stereocenters. The summed E-state index contributed by atoms with van der Waals surface area (Å²) < 4.78 is 0. The molecule has 0 aliphatic heterocycles. The summed E-state index contributed by atoms with van der Waals surface area (Å²) in [5, 5.41) is 0. The van der Waals surface area contributed by atoms with Crippen molar-refractivity contribution in [3.8, 4) is 0 Å². The molecule has 1 aromatic rings. The Labute approximate surface area is 96.7 Å². The molecule has 0 aromatic heterocycles. The van der Waals surface area contributed by atoms with E-state index >= 15 is 0 Å². The largest absolute Gasteiger partial charge is 0.294 e. The molecule has 1 aromatic carbocycles. The van der Waals surface area contributed by atoms with E-state index in [1.807, 2.05) is 13.8 Å². The Balaban J connectivity index is 2.75. The maximum atomic E-state index is 11.6. The third kappa shape index (κ3) is 3.30. The summed E-state index contributed by atoms with van der Waals surface area (Å²) in [5.74, 6) is 0.300. The number of hydrogen-bond acceptors (Lipinski definition) is 2. The van der Waals surface area contributed by atoms with Crippen molar-refractivity contribution in [1.29, 1.82) is 0 Å². The Morgan fingerprint density at radius 1 is 0.812 bits per heavy atom. The van der Waals surface area contributed by atoms with Crippen LogP contribution in [0.15, 0.2) is 24.3 Å². The second-order valence-electron chi connectivity index (χ2n) is 3.92. The van der Waals surface area contributed by atoms with Crippen molar-refractivity contribution in [2.24, 2.45) is 0 Å². The van der Waals surface area contributed by atoms with Gasteiger partial charge in [-0.25, -0.2) is 0 Å². The van der Waals surface area contributed by atoms with Gasteiger partial charge in [-0.2, -0.15) is 0 Å². The number of ketones is 2. The summed E-state index contributed by atoms with van der Waals surface area (Å²) in [6.45, 7) is 3.97.